The maximum absolute atomic E-state index is 12.7. The monoisotopic (exact) mass is 851 g/mol. The van der Waals surface area contributed by atoms with E-state index in [0.29, 0.717) is 19.3 Å². The first kappa shape index (κ1) is 57.2. The summed E-state index contributed by atoms with van der Waals surface area (Å²) in [5.41, 5.74) is 0. The Morgan fingerprint density at radius 1 is 0.508 bits per heavy atom. The summed E-state index contributed by atoms with van der Waals surface area (Å²) in [5.74, 6) is -1.54. The van der Waals surface area contributed by atoms with Gasteiger partial charge in [0, 0.05) is 19.3 Å². The van der Waals surface area contributed by atoms with Crippen LogP contribution in [0.3, 0.4) is 0 Å². The molecule has 346 valence electrons. The Morgan fingerprint density at radius 2 is 0.918 bits per heavy atom. The molecular formula is C53H88NO7+. The topological polar surface area (TPSA) is 99.1 Å². The molecule has 8 nitrogen and oxygen atoms in total. The Labute approximate surface area is 373 Å². The quantitative estimate of drug-likeness (QED) is 0.0283. The van der Waals surface area contributed by atoms with Gasteiger partial charge in [-0.2, -0.15) is 0 Å². The van der Waals surface area contributed by atoms with Crippen molar-refractivity contribution in [1.82, 2.24) is 0 Å². The van der Waals surface area contributed by atoms with Gasteiger partial charge in [-0.15, -0.1) is 0 Å². The molecule has 0 saturated heterocycles. The minimum Gasteiger partial charge on any atom is -0.477 e. The highest BCUT2D eigenvalue weighted by Gasteiger charge is 2.31. The molecule has 0 bridgehead atoms. The van der Waals surface area contributed by atoms with E-state index in [4.69, 9.17) is 14.2 Å². The Balaban J connectivity index is 4.39. The number of carbonyl (C=O) groups is 3. The molecule has 0 aromatic rings. The van der Waals surface area contributed by atoms with Gasteiger partial charge in [0.2, 0.25) is 0 Å². The minimum absolute atomic E-state index is 0.0357. The number of esters is 2. The van der Waals surface area contributed by atoms with E-state index in [1.165, 1.54) is 83.5 Å². The predicted molar refractivity (Wildman–Crippen MR) is 256 cm³/mol. The van der Waals surface area contributed by atoms with Crippen LogP contribution in [0.25, 0.3) is 0 Å². The van der Waals surface area contributed by atoms with Gasteiger partial charge in [-0.1, -0.05) is 188 Å². The molecule has 0 saturated carbocycles. The molecule has 2 unspecified atom stereocenters. The maximum atomic E-state index is 12.7. The first-order valence-electron chi connectivity index (χ1n) is 23.9. The van der Waals surface area contributed by atoms with Crippen LogP contribution in [0.2, 0.25) is 0 Å². The van der Waals surface area contributed by atoms with Gasteiger partial charge in [-0.3, -0.25) is 9.59 Å². The molecular weight excluding hydrogens is 763 g/mol. The van der Waals surface area contributed by atoms with E-state index in [0.717, 1.165) is 44.9 Å². The average molecular weight is 851 g/mol. The van der Waals surface area contributed by atoms with Crippen molar-refractivity contribution in [3.8, 4) is 0 Å². The summed E-state index contributed by atoms with van der Waals surface area (Å²) in [5, 5.41) is 9.64. The van der Waals surface area contributed by atoms with Gasteiger partial charge >= 0.3 is 17.9 Å². The number of carbonyl (C=O) groups excluding carboxylic acids is 2. The number of aliphatic carboxylic acids is 1. The number of rotatable bonds is 41. The Bertz CT molecular complexity index is 1310. The smallest absolute Gasteiger partial charge is 0.362 e. The van der Waals surface area contributed by atoms with Crippen LogP contribution in [0.4, 0.5) is 0 Å². The van der Waals surface area contributed by atoms with Crippen LogP contribution in [-0.4, -0.2) is 80.6 Å². The molecule has 0 radical (unpaired) electrons. The van der Waals surface area contributed by atoms with E-state index < -0.39 is 18.1 Å². The zero-order chi connectivity index (χ0) is 44.9. The third-order valence-electron chi connectivity index (χ3n) is 10.2. The number of ether oxygens (including phenoxy) is 3. The van der Waals surface area contributed by atoms with Crippen molar-refractivity contribution in [3.63, 3.8) is 0 Å². The first-order valence-corrected chi connectivity index (χ1v) is 23.9. The van der Waals surface area contributed by atoms with Crippen LogP contribution in [0.1, 0.15) is 168 Å². The van der Waals surface area contributed by atoms with Crippen molar-refractivity contribution in [2.24, 2.45) is 0 Å². The van der Waals surface area contributed by atoms with E-state index in [1.54, 1.807) is 0 Å². The van der Waals surface area contributed by atoms with Crippen molar-refractivity contribution in [3.05, 3.63) is 97.2 Å². The lowest BCUT2D eigenvalue weighted by atomic mass is 10.1. The fourth-order valence-electron chi connectivity index (χ4n) is 6.47. The van der Waals surface area contributed by atoms with Crippen LogP contribution in [0.5, 0.6) is 0 Å². The highest BCUT2D eigenvalue weighted by molar-refractivity contribution is 5.72. The number of hydrogen-bond acceptors (Lipinski definition) is 6. The van der Waals surface area contributed by atoms with Crippen LogP contribution in [0, 0.1) is 0 Å². The van der Waals surface area contributed by atoms with Crippen molar-refractivity contribution in [1.29, 1.82) is 0 Å². The fraction of sp³-hybridized carbons (Fsp3) is 0.642. The summed E-state index contributed by atoms with van der Waals surface area (Å²) >= 11 is 0. The normalized spacial score (nSPS) is 13.8. The van der Waals surface area contributed by atoms with E-state index in [-0.39, 0.29) is 42.7 Å². The lowest BCUT2D eigenvalue weighted by molar-refractivity contribution is -0.887. The lowest BCUT2D eigenvalue weighted by Gasteiger charge is -2.31. The summed E-state index contributed by atoms with van der Waals surface area (Å²) in [6, 6.07) is -0.630. The van der Waals surface area contributed by atoms with Gasteiger partial charge < -0.3 is 23.8 Å². The summed E-state index contributed by atoms with van der Waals surface area (Å²) in [6.07, 6.45) is 57.3. The largest absolute Gasteiger partial charge is 0.477 e. The SMILES string of the molecule is CC/C=C/C=C/C=C/C=C/C=C/C=C/CCCCCC(=O)OC(COCCC(C(=O)O)[N+](C)(C)C)COC(=O)CCCCCCCCCCCC/C=C/C=C/CCCCCC. The predicted octanol–water partition coefficient (Wildman–Crippen LogP) is 13.5. The number of hydrogen-bond donors (Lipinski definition) is 1. The number of quaternary nitrogens is 1. The molecule has 0 aromatic heterocycles. The number of carboxylic acid groups (broad SMARTS) is 1. The molecule has 0 amide bonds. The molecule has 0 aliphatic heterocycles. The molecule has 8 heteroatoms. The van der Waals surface area contributed by atoms with Crippen LogP contribution < -0.4 is 0 Å². The van der Waals surface area contributed by atoms with E-state index >= 15 is 0 Å². The van der Waals surface area contributed by atoms with Gasteiger partial charge in [-0.05, 0) is 57.8 Å². The molecule has 0 aliphatic carbocycles. The number of unbranched alkanes of at least 4 members (excludes halogenated alkanes) is 17. The van der Waals surface area contributed by atoms with Gasteiger partial charge in [0.15, 0.2) is 12.1 Å². The second-order valence-electron chi connectivity index (χ2n) is 16.8. The molecule has 0 heterocycles. The fourth-order valence-corrected chi connectivity index (χ4v) is 6.47. The summed E-state index contributed by atoms with van der Waals surface area (Å²) < 4.78 is 17.3. The van der Waals surface area contributed by atoms with Crippen LogP contribution >= 0.6 is 0 Å². The molecule has 0 fully saturated rings. The molecule has 0 aromatic carbocycles. The van der Waals surface area contributed by atoms with E-state index in [2.05, 4.69) is 50.3 Å². The third kappa shape index (κ3) is 41.4. The van der Waals surface area contributed by atoms with E-state index in [1.807, 2.05) is 81.9 Å². The Kier molecular flexibility index (Phi) is 40.3. The average Bonchev–Trinajstić information content (AvgIpc) is 3.22. The van der Waals surface area contributed by atoms with E-state index in [9.17, 15) is 19.5 Å². The number of likely N-dealkylation sites (N-methyl/N-ethyl adjacent to an activating group) is 1. The Hall–Kier alpha value is -3.75. The van der Waals surface area contributed by atoms with Gasteiger partial charge in [0.05, 0.1) is 34.4 Å². The highest BCUT2D eigenvalue weighted by atomic mass is 16.6. The van der Waals surface area contributed by atoms with Crippen LogP contribution in [0.15, 0.2) is 97.2 Å². The molecule has 0 spiro atoms. The van der Waals surface area contributed by atoms with Crippen LogP contribution in [-0.2, 0) is 28.6 Å². The van der Waals surface area contributed by atoms with Gasteiger partial charge in [-0.25, -0.2) is 4.79 Å². The van der Waals surface area contributed by atoms with Gasteiger partial charge in [0.1, 0.15) is 6.61 Å². The Morgan fingerprint density at radius 3 is 1.39 bits per heavy atom. The standard InChI is InChI=1S/C53H87NO7/c1-6-8-10-12-14-16-18-20-22-24-25-26-28-29-31-33-35-37-39-41-43-51(55)60-48-49(47-59-46-45-50(53(57)58)54(3,4)5)61-52(56)44-42-40-38-36-34-32-30-27-23-21-19-17-15-13-11-9-7-2/h9,11,13,15-23,27,30,32,34,49-50H,6-8,10,12,14,24-26,28-29,31,33,35-48H2,1-5H3/p+1/b11-9+,15-13+,18-16+,19-17+,22-20+,23-21+,30-27+,34-32+. The minimum atomic E-state index is -0.887. The summed E-state index contributed by atoms with van der Waals surface area (Å²) in [7, 11) is 5.50. The van der Waals surface area contributed by atoms with Crippen molar-refractivity contribution in [2.75, 3.05) is 41.0 Å². The molecule has 61 heavy (non-hydrogen) atoms. The number of allylic oxidation sites excluding steroid dienone is 16. The second kappa shape index (κ2) is 42.9. The summed E-state index contributed by atoms with van der Waals surface area (Å²) in [4.78, 5) is 37.1. The molecule has 0 rings (SSSR count). The molecule has 1 N–H and O–H groups in total. The number of nitrogens with zero attached hydrogens (tertiary/aromatic N) is 1. The van der Waals surface area contributed by atoms with Crippen molar-refractivity contribution < 1.29 is 38.2 Å². The maximum Gasteiger partial charge on any atom is 0.362 e. The second-order valence-corrected chi connectivity index (χ2v) is 16.8. The zero-order valence-electron chi connectivity index (χ0n) is 39.3. The molecule has 0 aliphatic rings. The molecule has 2 atom stereocenters. The number of carboxylic acids is 1. The summed E-state index contributed by atoms with van der Waals surface area (Å²) in [6.45, 7) is 4.51. The first-order chi connectivity index (χ1) is 29.6. The highest BCUT2D eigenvalue weighted by Crippen LogP contribution is 2.14. The zero-order valence-corrected chi connectivity index (χ0v) is 39.3. The van der Waals surface area contributed by atoms with Gasteiger partial charge in [0.25, 0.3) is 0 Å². The lowest BCUT2D eigenvalue weighted by Crippen LogP contribution is -2.50. The third-order valence-corrected chi connectivity index (χ3v) is 10.2. The van der Waals surface area contributed by atoms with Crippen molar-refractivity contribution >= 4 is 17.9 Å². The van der Waals surface area contributed by atoms with Crippen molar-refractivity contribution in [2.45, 2.75) is 180 Å².